The highest BCUT2D eigenvalue weighted by Crippen LogP contribution is 2.28. The summed E-state index contributed by atoms with van der Waals surface area (Å²) >= 11 is 0. The number of carbonyl (C=O) groups excluding carboxylic acids is 1. The fourth-order valence-corrected chi connectivity index (χ4v) is 3.64. The first-order valence-electron chi connectivity index (χ1n) is 9.52. The van der Waals surface area contributed by atoms with Crippen LogP contribution in [-0.2, 0) is 17.9 Å². The van der Waals surface area contributed by atoms with Crippen molar-refractivity contribution < 1.29 is 9.53 Å². The van der Waals surface area contributed by atoms with Gasteiger partial charge in [-0.25, -0.2) is 4.98 Å². The van der Waals surface area contributed by atoms with E-state index in [-0.39, 0.29) is 17.9 Å². The van der Waals surface area contributed by atoms with E-state index in [0.717, 1.165) is 31.0 Å². The van der Waals surface area contributed by atoms with E-state index in [2.05, 4.69) is 35.5 Å². The van der Waals surface area contributed by atoms with Gasteiger partial charge in [0.1, 0.15) is 11.6 Å². The Kier molecular flexibility index (Phi) is 5.96. The zero-order chi connectivity index (χ0) is 18.5. The van der Waals surface area contributed by atoms with Crippen molar-refractivity contribution >= 4 is 5.91 Å². The number of imidazole rings is 1. The third kappa shape index (κ3) is 4.26. The molecule has 0 radical (unpaired) electrons. The largest absolute Gasteiger partial charge is 0.497 e. The van der Waals surface area contributed by atoms with Crippen LogP contribution in [0.3, 0.4) is 0 Å². The van der Waals surface area contributed by atoms with Crippen LogP contribution < -0.4 is 4.74 Å². The summed E-state index contributed by atoms with van der Waals surface area (Å²) in [5.74, 6) is 2.27. The van der Waals surface area contributed by atoms with E-state index in [1.165, 1.54) is 18.4 Å². The monoisotopic (exact) mass is 355 g/mol. The normalized spacial score (nSPS) is 14.8. The fraction of sp³-hybridized carbons (Fsp3) is 0.524. The maximum Gasteiger partial charge on any atom is 0.226 e. The maximum absolute atomic E-state index is 12.9. The molecular formula is C21H29N3O2. The molecule has 26 heavy (non-hydrogen) atoms. The van der Waals surface area contributed by atoms with Crippen LogP contribution in [0.2, 0.25) is 0 Å². The smallest absolute Gasteiger partial charge is 0.226 e. The molecule has 1 aliphatic rings. The average Bonchev–Trinajstić information content (AvgIpc) is 3.32. The van der Waals surface area contributed by atoms with Crippen molar-refractivity contribution in [3.63, 3.8) is 0 Å². The molecule has 1 aromatic carbocycles. The van der Waals surface area contributed by atoms with Crippen molar-refractivity contribution in [3.05, 3.63) is 48.0 Å². The quantitative estimate of drug-likeness (QED) is 0.757. The number of nitrogens with zero attached hydrogens (tertiary/aromatic N) is 3. The van der Waals surface area contributed by atoms with Crippen molar-refractivity contribution in [1.29, 1.82) is 0 Å². The Labute approximate surface area is 156 Å². The molecule has 1 heterocycles. The molecule has 0 saturated heterocycles. The van der Waals surface area contributed by atoms with E-state index in [4.69, 9.17) is 4.74 Å². The average molecular weight is 355 g/mol. The molecule has 0 spiro atoms. The number of benzene rings is 1. The Morgan fingerprint density at radius 2 is 1.96 bits per heavy atom. The first kappa shape index (κ1) is 18.5. The SMILES string of the molecule is COc1ccc(Cn2ccnc2CN(C(=O)C2CCCC2)C(C)C)cc1. The summed E-state index contributed by atoms with van der Waals surface area (Å²) < 4.78 is 7.34. The van der Waals surface area contributed by atoms with E-state index in [0.29, 0.717) is 6.54 Å². The lowest BCUT2D eigenvalue weighted by molar-refractivity contribution is -0.137. The van der Waals surface area contributed by atoms with Gasteiger partial charge in [-0.2, -0.15) is 0 Å². The third-order valence-electron chi connectivity index (χ3n) is 5.24. The summed E-state index contributed by atoms with van der Waals surface area (Å²) in [6.07, 6.45) is 8.21. The highest BCUT2D eigenvalue weighted by molar-refractivity contribution is 5.79. The molecule has 0 N–H and O–H groups in total. The molecule has 1 amide bonds. The second-order valence-electron chi connectivity index (χ2n) is 7.36. The van der Waals surface area contributed by atoms with Gasteiger partial charge in [0.15, 0.2) is 0 Å². The number of carbonyl (C=O) groups is 1. The second-order valence-corrected chi connectivity index (χ2v) is 7.36. The minimum absolute atomic E-state index is 0.175. The van der Waals surface area contributed by atoms with Gasteiger partial charge in [-0.05, 0) is 44.4 Å². The number of hydrogen-bond acceptors (Lipinski definition) is 3. The van der Waals surface area contributed by atoms with Gasteiger partial charge in [-0.1, -0.05) is 25.0 Å². The topological polar surface area (TPSA) is 47.4 Å². The van der Waals surface area contributed by atoms with Crippen molar-refractivity contribution in [2.45, 2.75) is 58.7 Å². The maximum atomic E-state index is 12.9. The number of amides is 1. The number of rotatable bonds is 7. The molecular weight excluding hydrogens is 326 g/mol. The summed E-state index contributed by atoms with van der Waals surface area (Å²) in [6.45, 7) is 5.48. The van der Waals surface area contributed by atoms with Crippen molar-refractivity contribution in [2.24, 2.45) is 5.92 Å². The van der Waals surface area contributed by atoms with Crippen LogP contribution in [0.4, 0.5) is 0 Å². The molecule has 1 aliphatic carbocycles. The minimum atomic E-state index is 0.175. The van der Waals surface area contributed by atoms with E-state index >= 15 is 0 Å². The van der Waals surface area contributed by atoms with E-state index in [1.54, 1.807) is 7.11 Å². The summed E-state index contributed by atoms with van der Waals surface area (Å²) in [7, 11) is 1.67. The molecule has 2 aromatic rings. The number of ether oxygens (including phenoxy) is 1. The van der Waals surface area contributed by atoms with Crippen LogP contribution in [-0.4, -0.2) is 33.5 Å². The number of hydrogen-bond donors (Lipinski definition) is 0. The van der Waals surface area contributed by atoms with Gasteiger partial charge in [0, 0.05) is 30.9 Å². The second kappa shape index (κ2) is 8.39. The fourth-order valence-electron chi connectivity index (χ4n) is 3.64. The summed E-state index contributed by atoms with van der Waals surface area (Å²) in [6, 6.07) is 8.24. The van der Waals surface area contributed by atoms with Crippen molar-refractivity contribution in [1.82, 2.24) is 14.5 Å². The van der Waals surface area contributed by atoms with E-state index in [1.807, 2.05) is 29.4 Å². The number of aromatic nitrogens is 2. The van der Waals surface area contributed by atoms with Gasteiger partial charge in [-0.3, -0.25) is 4.79 Å². The lowest BCUT2D eigenvalue weighted by atomic mass is 10.1. The van der Waals surface area contributed by atoms with Crippen LogP contribution >= 0.6 is 0 Å². The Hall–Kier alpha value is -2.30. The van der Waals surface area contributed by atoms with Gasteiger partial charge < -0.3 is 14.2 Å². The molecule has 0 unspecified atom stereocenters. The molecule has 1 saturated carbocycles. The molecule has 1 aromatic heterocycles. The standard InChI is InChI=1S/C21H29N3O2/c1-16(2)24(21(25)18-6-4-5-7-18)15-20-22-12-13-23(20)14-17-8-10-19(26-3)11-9-17/h8-13,16,18H,4-7,14-15H2,1-3H3. The number of methoxy groups -OCH3 is 1. The first-order chi connectivity index (χ1) is 12.6. The van der Waals surface area contributed by atoms with Crippen molar-refractivity contribution in [3.8, 4) is 5.75 Å². The van der Waals surface area contributed by atoms with Crippen molar-refractivity contribution in [2.75, 3.05) is 7.11 Å². The van der Waals surface area contributed by atoms with Gasteiger partial charge in [-0.15, -0.1) is 0 Å². The predicted molar refractivity (Wildman–Crippen MR) is 102 cm³/mol. The van der Waals surface area contributed by atoms with Gasteiger partial charge in [0.25, 0.3) is 0 Å². The van der Waals surface area contributed by atoms with Crippen LogP contribution in [0.25, 0.3) is 0 Å². The molecule has 0 aliphatic heterocycles. The minimum Gasteiger partial charge on any atom is -0.497 e. The summed E-state index contributed by atoms with van der Waals surface area (Å²) in [5.41, 5.74) is 1.18. The van der Waals surface area contributed by atoms with Gasteiger partial charge >= 0.3 is 0 Å². The Bertz CT molecular complexity index is 715. The third-order valence-corrected chi connectivity index (χ3v) is 5.24. The first-order valence-corrected chi connectivity index (χ1v) is 9.52. The summed E-state index contributed by atoms with van der Waals surface area (Å²) in [5, 5.41) is 0. The molecule has 5 nitrogen and oxygen atoms in total. The molecule has 3 rings (SSSR count). The Morgan fingerprint density at radius 3 is 2.58 bits per heavy atom. The molecule has 0 atom stereocenters. The zero-order valence-corrected chi connectivity index (χ0v) is 16.0. The van der Waals surface area contributed by atoms with Crippen LogP contribution in [0.1, 0.15) is 50.9 Å². The van der Waals surface area contributed by atoms with Gasteiger partial charge in [0.2, 0.25) is 5.91 Å². The Balaban J connectivity index is 1.72. The highest BCUT2D eigenvalue weighted by Gasteiger charge is 2.29. The lowest BCUT2D eigenvalue weighted by Gasteiger charge is -2.29. The zero-order valence-electron chi connectivity index (χ0n) is 16.0. The predicted octanol–water partition coefficient (Wildman–Crippen LogP) is 3.87. The van der Waals surface area contributed by atoms with E-state index < -0.39 is 0 Å². The molecule has 140 valence electrons. The van der Waals surface area contributed by atoms with Crippen LogP contribution in [0, 0.1) is 5.92 Å². The lowest BCUT2D eigenvalue weighted by Crippen LogP contribution is -2.40. The van der Waals surface area contributed by atoms with Crippen LogP contribution in [0.15, 0.2) is 36.7 Å². The van der Waals surface area contributed by atoms with Gasteiger partial charge in [0.05, 0.1) is 13.7 Å². The molecule has 0 bridgehead atoms. The Morgan fingerprint density at radius 1 is 1.27 bits per heavy atom. The molecule has 5 heteroatoms. The summed E-state index contributed by atoms with van der Waals surface area (Å²) in [4.78, 5) is 19.4. The molecule has 1 fully saturated rings. The highest BCUT2D eigenvalue weighted by atomic mass is 16.5. The van der Waals surface area contributed by atoms with Crippen LogP contribution in [0.5, 0.6) is 5.75 Å². The van der Waals surface area contributed by atoms with E-state index in [9.17, 15) is 4.79 Å².